The van der Waals surface area contributed by atoms with E-state index >= 15 is 0 Å². The van der Waals surface area contributed by atoms with E-state index in [1.54, 1.807) is 0 Å². The summed E-state index contributed by atoms with van der Waals surface area (Å²) in [6, 6.07) is -1.78. The molecule has 0 spiro atoms. The van der Waals surface area contributed by atoms with E-state index in [2.05, 4.69) is 0 Å². The number of hydrogen-bond acceptors (Lipinski definition) is 3. The molecule has 0 rings (SSSR count). The van der Waals surface area contributed by atoms with E-state index in [4.69, 9.17) is 4.74 Å². The highest BCUT2D eigenvalue weighted by molar-refractivity contribution is 5.89. The molecular formula is C15H22F7NO3. The van der Waals surface area contributed by atoms with E-state index in [0.717, 1.165) is 0 Å². The van der Waals surface area contributed by atoms with Crippen LogP contribution in [0, 0.1) is 11.8 Å². The molecule has 0 radical (unpaired) electrons. The second kappa shape index (κ2) is 8.90. The Kier molecular flexibility index (Phi) is 8.37. The lowest BCUT2D eigenvalue weighted by Crippen LogP contribution is -2.62. The van der Waals surface area contributed by atoms with Crippen molar-refractivity contribution in [1.29, 1.82) is 0 Å². The smallest absolute Gasteiger partial charge is 0.460 e. The molecule has 0 saturated heterocycles. The van der Waals surface area contributed by atoms with Crippen LogP contribution in [-0.2, 0) is 14.3 Å². The lowest BCUT2D eigenvalue weighted by Gasteiger charge is -2.29. The van der Waals surface area contributed by atoms with Gasteiger partial charge in [0, 0.05) is 0 Å². The van der Waals surface area contributed by atoms with Gasteiger partial charge in [0.05, 0.1) is 6.61 Å². The van der Waals surface area contributed by atoms with Gasteiger partial charge >= 0.3 is 24.0 Å². The van der Waals surface area contributed by atoms with Crippen LogP contribution in [0.5, 0.6) is 0 Å². The summed E-state index contributed by atoms with van der Waals surface area (Å²) in [5.74, 6) is -17.5. The van der Waals surface area contributed by atoms with Crippen molar-refractivity contribution in [1.82, 2.24) is 5.32 Å². The molecule has 0 aliphatic rings. The maximum absolute atomic E-state index is 13.4. The van der Waals surface area contributed by atoms with Crippen molar-refractivity contribution in [3.8, 4) is 0 Å². The minimum Gasteiger partial charge on any atom is -0.464 e. The fraction of sp³-hybridized carbons (Fsp3) is 0.867. The Morgan fingerprint density at radius 1 is 1.00 bits per heavy atom. The van der Waals surface area contributed by atoms with E-state index in [9.17, 15) is 40.3 Å². The molecule has 26 heavy (non-hydrogen) atoms. The molecule has 2 unspecified atom stereocenters. The fourth-order valence-corrected chi connectivity index (χ4v) is 1.71. The quantitative estimate of drug-likeness (QED) is 0.474. The van der Waals surface area contributed by atoms with Crippen molar-refractivity contribution in [3.05, 3.63) is 0 Å². The summed E-state index contributed by atoms with van der Waals surface area (Å²) >= 11 is 0. The Balaban J connectivity index is 5.34. The van der Waals surface area contributed by atoms with Crippen LogP contribution in [0.25, 0.3) is 0 Å². The Hall–Kier alpha value is -1.55. The van der Waals surface area contributed by atoms with Crippen LogP contribution >= 0.6 is 0 Å². The molecule has 0 fully saturated rings. The van der Waals surface area contributed by atoms with Crippen LogP contribution in [0.4, 0.5) is 30.7 Å². The van der Waals surface area contributed by atoms with E-state index < -0.39 is 41.9 Å². The summed E-state index contributed by atoms with van der Waals surface area (Å²) in [5, 5.41) is 1.28. The molecule has 1 N–H and O–H groups in total. The molecule has 4 nitrogen and oxygen atoms in total. The van der Waals surface area contributed by atoms with Gasteiger partial charge in [0.1, 0.15) is 6.04 Å². The molecule has 0 aliphatic heterocycles. The number of ether oxygens (including phenoxy) is 1. The first-order chi connectivity index (χ1) is 11.6. The molecular weight excluding hydrogens is 375 g/mol. The van der Waals surface area contributed by atoms with E-state index in [1.807, 2.05) is 13.8 Å². The number of halogens is 7. The zero-order valence-corrected chi connectivity index (χ0v) is 14.7. The van der Waals surface area contributed by atoms with Gasteiger partial charge < -0.3 is 10.1 Å². The largest absolute Gasteiger partial charge is 0.464 e. The maximum atomic E-state index is 13.4. The molecule has 0 heterocycles. The van der Waals surface area contributed by atoms with Crippen molar-refractivity contribution in [2.45, 2.75) is 64.6 Å². The van der Waals surface area contributed by atoms with E-state index in [0.29, 0.717) is 6.42 Å². The number of hydrogen-bond donors (Lipinski definition) is 1. The monoisotopic (exact) mass is 397 g/mol. The van der Waals surface area contributed by atoms with Crippen LogP contribution in [0.1, 0.15) is 40.5 Å². The summed E-state index contributed by atoms with van der Waals surface area (Å²) in [6.45, 7) is 6.33. The topological polar surface area (TPSA) is 55.4 Å². The summed E-state index contributed by atoms with van der Waals surface area (Å²) in [5.41, 5.74) is 0. The zero-order valence-electron chi connectivity index (χ0n) is 14.7. The summed E-state index contributed by atoms with van der Waals surface area (Å²) in [4.78, 5) is 23.4. The summed E-state index contributed by atoms with van der Waals surface area (Å²) in [7, 11) is 0. The maximum Gasteiger partial charge on any atom is 0.460 e. The van der Waals surface area contributed by atoms with Gasteiger partial charge in [-0.15, -0.1) is 0 Å². The second-order valence-electron chi connectivity index (χ2n) is 6.33. The van der Waals surface area contributed by atoms with Crippen molar-refractivity contribution in [2.75, 3.05) is 6.61 Å². The first kappa shape index (κ1) is 24.5. The van der Waals surface area contributed by atoms with Crippen molar-refractivity contribution >= 4 is 11.9 Å². The molecule has 1 amide bonds. The molecule has 11 heteroatoms. The highest BCUT2D eigenvalue weighted by atomic mass is 19.4. The fourth-order valence-electron chi connectivity index (χ4n) is 1.71. The van der Waals surface area contributed by atoms with Crippen LogP contribution in [0.3, 0.4) is 0 Å². The number of rotatable bonds is 9. The van der Waals surface area contributed by atoms with Gasteiger partial charge in [0.2, 0.25) is 0 Å². The number of nitrogens with one attached hydrogen (secondary N) is 1. The predicted octanol–water partition coefficient (Wildman–Crippen LogP) is 3.94. The first-order valence-corrected chi connectivity index (χ1v) is 7.89. The van der Waals surface area contributed by atoms with Crippen LogP contribution < -0.4 is 5.32 Å². The average Bonchev–Trinajstić information content (AvgIpc) is 2.49. The summed E-state index contributed by atoms with van der Waals surface area (Å²) in [6.07, 6.45) is -6.09. The van der Waals surface area contributed by atoms with Crippen molar-refractivity contribution in [2.24, 2.45) is 11.8 Å². The lowest BCUT2D eigenvalue weighted by molar-refractivity contribution is -0.344. The van der Waals surface area contributed by atoms with Crippen molar-refractivity contribution in [3.63, 3.8) is 0 Å². The Morgan fingerprint density at radius 2 is 1.50 bits per heavy atom. The number of alkyl halides is 7. The standard InChI is InChI=1S/C15H22F7NO3/c1-5-9(4)10(11(24)26-7-6-8(2)3)23-12(25)13(16,17)14(18,19)15(20,21)22/h8-10H,5-7H2,1-4H3,(H,23,25). The van der Waals surface area contributed by atoms with E-state index in [1.165, 1.54) is 19.2 Å². The normalized spacial score (nSPS) is 15.5. The van der Waals surface area contributed by atoms with E-state index in [-0.39, 0.29) is 18.9 Å². The van der Waals surface area contributed by atoms with Gasteiger partial charge in [-0.05, 0) is 18.3 Å². The molecule has 0 saturated carbocycles. The highest BCUT2D eigenvalue weighted by Crippen LogP contribution is 2.46. The first-order valence-electron chi connectivity index (χ1n) is 7.89. The van der Waals surface area contributed by atoms with Gasteiger partial charge in [-0.1, -0.05) is 34.1 Å². The zero-order chi connectivity index (χ0) is 20.9. The van der Waals surface area contributed by atoms with Crippen LogP contribution in [-0.4, -0.2) is 42.5 Å². The Morgan fingerprint density at radius 3 is 1.88 bits per heavy atom. The number of esters is 1. The van der Waals surface area contributed by atoms with Gasteiger partial charge in [0.15, 0.2) is 0 Å². The van der Waals surface area contributed by atoms with Gasteiger partial charge in [-0.2, -0.15) is 30.7 Å². The van der Waals surface area contributed by atoms with Gasteiger partial charge in [-0.25, -0.2) is 4.79 Å². The second-order valence-corrected chi connectivity index (χ2v) is 6.33. The van der Waals surface area contributed by atoms with Crippen LogP contribution in [0.2, 0.25) is 0 Å². The Bertz CT molecular complexity index is 492. The lowest BCUT2D eigenvalue weighted by atomic mass is 9.98. The highest BCUT2D eigenvalue weighted by Gasteiger charge is 2.76. The third-order valence-corrected chi connectivity index (χ3v) is 3.73. The molecule has 0 aromatic rings. The third-order valence-electron chi connectivity index (χ3n) is 3.73. The average molecular weight is 397 g/mol. The molecule has 0 aromatic heterocycles. The SMILES string of the molecule is CCC(C)C(NC(=O)C(F)(F)C(F)(F)C(F)(F)F)C(=O)OCCC(C)C. The minimum atomic E-state index is -6.64. The predicted molar refractivity (Wildman–Crippen MR) is 77.7 cm³/mol. The minimum absolute atomic E-state index is 0.117. The van der Waals surface area contributed by atoms with Gasteiger partial charge in [-0.3, -0.25) is 4.79 Å². The third kappa shape index (κ3) is 5.73. The molecule has 2 atom stereocenters. The molecule has 0 aromatic carbocycles. The molecule has 0 bridgehead atoms. The number of carbonyl (C=O) groups excluding carboxylic acids is 2. The van der Waals surface area contributed by atoms with Crippen molar-refractivity contribution < 1.29 is 45.1 Å². The van der Waals surface area contributed by atoms with Gasteiger partial charge in [0.25, 0.3) is 5.91 Å². The summed E-state index contributed by atoms with van der Waals surface area (Å²) < 4.78 is 93.9. The molecule has 154 valence electrons. The number of amides is 1. The van der Waals surface area contributed by atoms with Crippen LogP contribution in [0.15, 0.2) is 0 Å². The molecule has 0 aliphatic carbocycles. The number of carbonyl (C=O) groups is 2. The Labute approximate surface area is 146 Å².